The number of anilines is 1. The van der Waals surface area contributed by atoms with Gasteiger partial charge in [0.2, 0.25) is 11.8 Å². The van der Waals surface area contributed by atoms with E-state index in [0.717, 1.165) is 0 Å². The first-order chi connectivity index (χ1) is 12.0. The maximum Gasteiger partial charge on any atom is 0.243 e. The molecule has 0 spiro atoms. The van der Waals surface area contributed by atoms with Crippen LogP contribution >= 0.6 is 0 Å². The van der Waals surface area contributed by atoms with Gasteiger partial charge in [0.1, 0.15) is 5.75 Å². The van der Waals surface area contributed by atoms with Gasteiger partial charge in [0.25, 0.3) is 0 Å². The Morgan fingerprint density at radius 3 is 2.24 bits per heavy atom. The van der Waals surface area contributed by atoms with Gasteiger partial charge in [-0.1, -0.05) is 18.2 Å². The fourth-order valence-corrected chi connectivity index (χ4v) is 2.04. The van der Waals surface area contributed by atoms with E-state index < -0.39 is 0 Å². The third-order valence-corrected chi connectivity index (χ3v) is 3.36. The van der Waals surface area contributed by atoms with Crippen LogP contribution in [0.5, 0.6) is 5.75 Å². The highest BCUT2D eigenvalue weighted by molar-refractivity contribution is 5.96. The Kier molecular flexibility index (Phi) is 6.71. The maximum atomic E-state index is 11.8. The fraction of sp³-hybridized carbons (Fsp3) is 0.211. The summed E-state index contributed by atoms with van der Waals surface area (Å²) >= 11 is 0. The van der Waals surface area contributed by atoms with E-state index in [1.54, 1.807) is 24.3 Å². The highest BCUT2D eigenvalue weighted by Crippen LogP contribution is 2.10. The van der Waals surface area contributed by atoms with Crippen molar-refractivity contribution in [3.8, 4) is 5.75 Å². The van der Waals surface area contributed by atoms with Crippen molar-refractivity contribution < 1.29 is 19.1 Å². The number of amides is 2. The molecule has 0 fully saturated rings. The molecule has 2 rings (SSSR count). The van der Waals surface area contributed by atoms with E-state index >= 15 is 0 Å². The summed E-state index contributed by atoms with van der Waals surface area (Å²) < 4.78 is 5.42. The summed E-state index contributed by atoms with van der Waals surface area (Å²) in [4.78, 5) is 34.7. The lowest BCUT2D eigenvalue weighted by molar-refractivity contribution is -0.124. The zero-order valence-corrected chi connectivity index (χ0v) is 14.0. The molecule has 0 unspecified atom stereocenters. The monoisotopic (exact) mass is 340 g/mol. The van der Waals surface area contributed by atoms with E-state index in [2.05, 4.69) is 10.6 Å². The van der Waals surface area contributed by atoms with E-state index in [0.29, 0.717) is 17.0 Å². The van der Waals surface area contributed by atoms with Crippen LogP contribution in [0.3, 0.4) is 0 Å². The predicted molar refractivity (Wildman–Crippen MR) is 94.6 cm³/mol. The highest BCUT2D eigenvalue weighted by atomic mass is 16.5. The molecule has 2 aromatic rings. The molecule has 0 aromatic heterocycles. The van der Waals surface area contributed by atoms with Gasteiger partial charge in [-0.25, -0.2) is 0 Å². The molecule has 0 aliphatic rings. The van der Waals surface area contributed by atoms with Gasteiger partial charge in [0, 0.05) is 11.3 Å². The second-order valence-electron chi connectivity index (χ2n) is 5.37. The van der Waals surface area contributed by atoms with E-state index in [1.807, 2.05) is 30.3 Å². The van der Waals surface area contributed by atoms with Gasteiger partial charge in [0.15, 0.2) is 5.78 Å². The van der Waals surface area contributed by atoms with Gasteiger partial charge in [-0.15, -0.1) is 0 Å². The van der Waals surface area contributed by atoms with Crippen LogP contribution in [-0.2, 0) is 9.59 Å². The van der Waals surface area contributed by atoms with Gasteiger partial charge in [0.05, 0.1) is 19.6 Å². The smallest absolute Gasteiger partial charge is 0.243 e. The van der Waals surface area contributed by atoms with Crippen molar-refractivity contribution in [2.75, 3.05) is 18.5 Å². The second kappa shape index (κ2) is 9.22. The lowest BCUT2D eigenvalue weighted by Gasteiger charge is -2.08. The molecule has 6 heteroatoms. The quantitative estimate of drug-likeness (QED) is 0.723. The summed E-state index contributed by atoms with van der Waals surface area (Å²) in [6, 6.07) is 15.8. The number of para-hydroxylation sites is 1. The summed E-state index contributed by atoms with van der Waals surface area (Å²) in [6.07, 6.45) is 0.162. The van der Waals surface area contributed by atoms with Gasteiger partial charge in [-0.3, -0.25) is 14.4 Å². The largest absolute Gasteiger partial charge is 0.493 e. The molecule has 130 valence electrons. The Balaban J connectivity index is 1.66. The van der Waals surface area contributed by atoms with Crippen LogP contribution in [0.15, 0.2) is 54.6 Å². The van der Waals surface area contributed by atoms with Gasteiger partial charge < -0.3 is 15.4 Å². The van der Waals surface area contributed by atoms with Crippen molar-refractivity contribution in [2.24, 2.45) is 0 Å². The minimum absolute atomic E-state index is 0.0390. The van der Waals surface area contributed by atoms with E-state index in [9.17, 15) is 14.4 Å². The molecule has 0 saturated heterocycles. The zero-order valence-electron chi connectivity index (χ0n) is 14.0. The molecular weight excluding hydrogens is 320 g/mol. The third-order valence-electron chi connectivity index (χ3n) is 3.36. The standard InChI is InChI=1S/C19H20N2O4/c1-14(22)15-7-9-16(10-8-15)21-19(24)13-20-18(23)11-12-25-17-5-3-2-4-6-17/h2-10H,11-13H2,1H3,(H,20,23)(H,21,24). The first-order valence-corrected chi connectivity index (χ1v) is 7.90. The average molecular weight is 340 g/mol. The number of ether oxygens (including phenoxy) is 1. The van der Waals surface area contributed by atoms with Crippen molar-refractivity contribution in [3.05, 3.63) is 60.2 Å². The minimum Gasteiger partial charge on any atom is -0.493 e. The summed E-state index contributed by atoms with van der Waals surface area (Å²) in [5, 5.41) is 5.18. The van der Waals surface area contributed by atoms with Crippen molar-refractivity contribution in [1.29, 1.82) is 0 Å². The number of benzene rings is 2. The number of nitrogens with one attached hydrogen (secondary N) is 2. The van der Waals surface area contributed by atoms with Crippen LogP contribution in [0, 0.1) is 0 Å². The van der Waals surface area contributed by atoms with Crippen LogP contribution in [0.25, 0.3) is 0 Å². The van der Waals surface area contributed by atoms with Gasteiger partial charge in [-0.2, -0.15) is 0 Å². The second-order valence-corrected chi connectivity index (χ2v) is 5.37. The molecule has 0 aliphatic heterocycles. The summed E-state index contributed by atoms with van der Waals surface area (Å²) in [5.74, 6) is 0.0517. The lowest BCUT2D eigenvalue weighted by atomic mass is 10.1. The molecular formula is C19H20N2O4. The third kappa shape index (κ3) is 6.47. The molecule has 0 heterocycles. The normalized spacial score (nSPS) is 9.96. The molecule has 25 heavy (non-hydrogen) atoms. The van der Waals surface area contributed by atoms with E-state index in [1.165, 1.54) is 6.92 Å². The number of Topliss-reactive ketones (excluding diaryl/α,β-unsaturated/α-hetero) is 1. The molecule has 6 nitrogen and oxygen atoms in total. The number of ketones is 1. The fourth-order valence-electron chi connectivity index (χ4n) is 2.04. The van der Waals surface area contributed by atoms with Crippen molar-refractivity contribution in [2.45, 2.75) is 13.3 Å². The van der Waals surface area contributed by atoms with Crippen molar-refractivity contribution in [1.82, 2.24) is 5.32 Å². The Morgan fingerprint density at radius 1 is 0.920 bits per heavy atom. The summed E-state index contributed by atoms with van der Waals surface area (Å²) in [5.41, 5.74) is 1.14. The molecule has 0 bridgehead atoms. The van der Waals surface area contributed by atoms with Crippen LogP contribution in [0.1, 0.15) is 23.7 Å². The Hall–Kier alpha value is -3.15. The number of rotatable bonds is 8. The topological polar surface area (TPSA) is 84.5 Å². The van der Waals surface area contributed by atoms with Crippen LogP contribution in [0.4, 0.5) is 5.69 Å². The molecule has 0 atom stereocenters. The summed E-state index contributed by atoms with van der Waals surface area (Å²) in [6.45, 7) is 1.59. The Morgan fingerprint density at radius 2 is 1.60 bits per heavy atom. The minimum atomic E-state index is -0.340. The van der Waals surface area contributed by atoms with Crippen LogP contribution in [-0.4, -0.2) is 30.7 Å². The molecule has 2 amide bonds. The first kappa shape index (κ1) is 18.2. The molecule has 0 saturated carbocycles. The first-order valence-electron chi connectivity index (χ1n) is 7.90. The molecule has 2 aromatic carbocycles. The van der Waals surface area contributed by atoms with E-state index in [-0.39, 0.29) is 37.2 Å². The van der Waals surface area contributed by atoms with Crippen LogP contribution < -0.4 is 15.4 Å². The predicted octanol–water partition coefficient (Wildman–Crippen LogP) is 2.41. The Labute approximate surface area is 146 Å². The van der Waals surface area contributed by atoms with Gasteiger partial charge >= 0.3 is 0 Å². The average Bonchev–Trinajstić information content (AvgIpc) is 2.61. The number of carbonyl (C=O) groups excluding carboxylic acids is 3. The van der Waals surface area contributed by atoms with E-state index in [4.69, 9.17) is 4.74 Å². The van der Waals surface area contributed by atoms with Gasteiger partial charge in [-0.05, 0) is 43.3 Å². The molecule has 2 N–H and O–H groups in total. The lowest BCUT2D eigenvalue weighted by Crippen LogP contribution is -2.33. The Bertz CT molecular complexity index is 727. The van der Waals surface area contributed by atoms with Crippen molar-refractivity contribution >= 4 is 23.3 Å². The number of hydrogen-bond donors (Lipinski definition) is 2. The maximum absolute atomic E-state index is 11.8. The highest BCUT2D eigenvalue weighted by Gasteiger charge is 2.07. The van der Waals surface area contributed by atoms with Crippen LogP contribution in [0.2, 0.25) is 0 Å². The zero-order chi connectivity index (χ0) is 18.1. The summed E-state index contributed by atoms with van der Waals surface area (Å²) in [7, 11) is 0. The molecule has 0 radical (unpaired) electrons. The number of hydrogen-bond acceptors (Lipinski definition) is 4. The molecule has 0 aliphatic carbocycles. The van der Waals surface area contributed by atoms with Crippen molar-refractivity contribution in [3.63, 3.8) is 0 Å². The number of carbonyl (C=O) groups is 3. The SMILES string of the molecule is CC(=O)c1ccc(NC(=O)CNC(=O)CCOc2ccccc2)cc1.